The fourth-order valence-electron chi connectivity index (χ4n) is 1.90. The summed E-state index contributed by atoms with van der Waals surface area (Å²) in [6.45, 7) is 9.90. The summed E-state index contributed by atoms with van der Waals surface area (Å²) in [6, 6.07) is 7.97. The molecule has 0 saturated carbocycles. The third-order valence-corrected chi connectivity index (χ3v) is 4.03. The summed E-state index contributed by atoms with van der Waals surface area (Å²) in [7, 11) is 3.48. The summed E-state index contributed by atoms with van der Waals surface area (Å²) in [5, 5.41) is 7.41. The molecule has 0 radical (unpaired) electrons. The predicted molar refractivity (Wildman–Crippen MR) is 94.9 cm³/mol. The van der Waals surface area contributed by atoms with E-state index in [1.165, 1.54) is 5.56 Å². The summed E-state index contributed by atoms with van der Waals surface area (Å²) in [4.78, 5) is 4.25. The normalized spacial score (nSPS) is 13.1. The van der Waals surface area contributed by atoms with Crippen LogP contribution in [-0.2, 0) is 10.2 Å². The second-order valence-corrected chi connectivity index (χ2v) is 7.07. The number of nitrogens with one attached hydrogen (secondary N) is 2. The first-order valence-corrected chi connectivity index (χ1v) is 7.84. The maximum atomic E-state index is 5.95. The van der Waals surface area contributed by atoms with Crippen LogP contribution in [0.3, 0.4) is 0 Å². The van der Waals surface area contributed by atoms with E-state index in [0.717, 1.165) is 17.5 Å². The number of hydrogen-bond acceptors (Lipinski definition) is 2. The Morgan fingerprint density at radius 3 is 2.14 bits per heavy atom. The van der Waals surface area contributed by atoms with Crippen molar-refractivity contribution in [2.24, 2.45) is 4.99 Å². The summed E-state index contributed by atoms with van der Waals surface area (Å²) < 4.78 is 5.40. The molecule has 0 bridgehead atoms. The Balaban J connectivity index is 2.60. The summed E-state index contributed by atoms with van der Waals surface area (Å²) >= 11 is 5.95. The molecule has 4 nitrogen and oxygen atoms in total. The lowest BCUT2D eigenvalue weighted by Crippen LogP contribution is -2.48. The van der Waals surface area contributed by atoms with Crippen LogP contribution in [-0.4, -0.2) is 38.8 Å². The molecule has 1 aromatic carbocycles. The lowest BCUT2D eigenvalue weighted by atomic mass is 9.85. The SMILES string of the molecule is CN=C(NCC(C)(C)OC)NCC(C)(C)c1ccc(Cl)cc1. The van der Waals surface area contributed by atoms with Crippen molar-refractivity contribution in [3.63, 3.8) is 0 Å². The van der Waals surface area contributed by atoms with E-state index in [-0.39, 0.29) is 11.0 Å². The molecule has 0 amide bonds. The number of rotatable bonds is 6. The number of benzene rings is 1. The zero-order chi connectivity index (χ0) is 16.8. The molecule has 22 heavy (non-hydrogen) atoms. The molecule has 0 atom stereocenters. The number of halogens is 1. The van der Waals surface area contributed by atoms with Crippen LogP contribution in [0.5, 0.6) is 0 Å². The summed E-state index contributed by atoms with van der Waals surface area (Å²) in [5.41, 5.74) is 0.972. The van der Waals surface area contributed by atoms with Gasteiger partial charge in [-0.2, -0.15) is 0 Å². The fourth-order valence-corrected chi connectivity index (χ4v) is 2.02. The van der Waals surface area contributed by atoms with Crippen molar-refractivity contribution in [2.75, 3.05) is 27.2 Å². The minimum absolute atomic E-state index is 0.0288. The lowest BCUT2D eigenvalue weighted by molar-refractivity contribution is 0.0268. The fraction of sp³-hybridized carbons (Fsp3) is 0.588. The van der Waals surface area contributed by atoms with Crippen molar-refractivity contribution in [3.05, 3.63) is 34.9 Å². The van der Waals surface area contributed by atoms with Gasteiger partial charge in [0.25, 0.3) is 0 Å². The number of methoxy groups -OCH3 is 1. The molecule has 0 aliphatic carbocycles. The van der Waals surface area contributed by atoms with Crippen LogP contribution in [0.4, 0.5) is 0 Å². The van der Waals surface area contributed by atoms with E-state index in [1.54, 1.807) is 14.2 Å². The first-order valence-electron chi connectivity index (χ1n) is 7.46. The van der Waals surface area contributed by atoms with Crippen LogP contribution in [0.2, 0.25) is 5.02 Å². The van der Waals surface area contributed by atoms with Crippen LogP contribution in [0.15, 0.2) is 29.3 Å². The topological polar surface area (TPSA) is 45.7 Å². The van der Waals surface area contributed by atoms with Crippen molar-refractivity contribution in [1.29, 1.82) is 0 Å². The molecule has 0 saturated heterocycles. The number of guanidine groups is 1. The molecule has 2 N–H and O–H groups in total. The Kier molecular flexibility index (Phi) is 6.69. The Morgan fingerprint density at radius 1 is 1.09 bits per heavy atom. The molecular formula is C17H28ClN3O. The molecule has 1 rings (SSSR count). The third-order valence-electron chi connectivity index (χ3n) is 3.78. The third kappa shape index (κ3) is 5.85. The Labute approximate surface area is 139 Å². The zero-order valence-electron chi connectivity index (χ0n) is 14.5. The van der Waals surface area contributed by atoms with Gasteiger partial charge in [0, 0.05) is 37.7 Å². The summed E-state index contributed by atoms with van der Waals surface area (Å²) in [5.74, 6) is 0.771. The molecular weight excluding hydrogens is 298 g/mol. The van der Waals surface area contributed by atoms with E-state index in [4.69, 9.17) is 16.3 Å². The Morgan fingerprint density at radius 2 is 1.64 bits per heavy atom. The summed E-state index contributed by atoms with van der Waals surface area (Å²) in [6.07, 6.45) is 0. The molecule has 0 aliphatic heterocycles. The van der Waals surface area contributed by atoms with Crippen molar-refractivity contribution in [3.8, 4) is 0 Å². The first-order chi connectivity index (χ1) is 10.2. The van der Waals surface area contributed by atoms with E-state index in [1.807, 2.05) is 26.0 Å². The highest BCUT2D eigenvalue weighted by Crippen LogP contribution is 2.23. The smallest absolute Gasteiger partial charge is 0.191 e. The highest BCUT2D eigenvalue weighted by Gasteiger charge is 2.22. The van der Waals surface area contributed by atoms with Crippen molar-refractivity contribution >= 4 is 17.6 Å². The van der Waals surface area contributed by atoms with E-state index >= 15 is 0 Å². The van der Waals surface area contributed by atoms with Crippen LogP contribution in [0, 0.1) is 0 Å². The minimum atomic E-state index is -0.233. The standard InChI is InChI=1S/C17H28ClN3O/c1-16(2,13-7-9-14(18)10-8-13)11-20-15(19-5)21-12-17(3,4)22-6/h7-10H,11-12H2,1-6H3,(H2,19,20,21). The van der Waals surface area contributed by atoms with Gasteiger partial charge in [-0.25, -0.2) is 0 Å². The van der Waals surface area contributed by atoms with Crippen LogP contribution in [0.1, 0.15) is 33.3 Å². The highest BCUT2D eigenvalue weighted by molar-refractivity contribution is 6.30. The number of aliphatic imine (C=N–C) groups is 1. The maximum Gasteiger partial charge on any atom is 0.191 e. The van der Waals surface area contributed by atoms with E-state index in [0.29, 0.717) is 6.54 Å². The molecule has 0 spiro atoms. The molecule has 124 valence electrons. The first kappa shape index (κ1) is 18.8. The average Bonchev–Trinajstić information content (AvgIpc) is 2.48. The van der Waals surface area contributed by atoms with E-state index in [2.05, 4.69) is 41.6 Å². The van der Waals surface area contributed by atoms with Gasteiger partial charge in [0.15, 0.2) is 5.96 Å². The van der Waals surface area contributed by atoms with E-state index in [9.17, 15) is 0 Å². The van der Waals surface area contributed by atoms with Gasteiger partial charge in [-0.3, -0.25) is 4.99 Å². The van der Waals surface area contributed by atoms with Crippen molar-refractivity contribution < 1.29 is 4.74 Å². The van der Waals surface area contributed by atoms with Crippen LogP contribution >= 0.6 is 11.6 Å². The van der Waals surface area contributed by atoms with Crippen LogP contribution in [0.25, 0.3) is 0 Å². The van der Waals surface area contributed by atoms with Gasteiger partial charge >= 0.3 is 0 Å². The van der Waals surface area contributed by atoms with E-state index < -0.39 is 0 Å². The quantitative estimate of drug-likeness (QED) is 0.623. The average molecular weight is 326 g/mol. The molecule has 0 aliphatic rings. The molecule has 1 aromatic rings. The van der Waals surface area contributed by atoms with Gasteiger partial charge in [-0.05, 0) is 31.5 Å². The van der Waals surface area contributed by atoms with Gasteiger partial charge in [0.05, 0.1) is 5.60 Å². The number of ether oxygens (including phenoxy) is 1. The van der Waals surface area contributed by atoms with Gasteiger partial charge in [0.1, 0.15) is 0 Å². The Hall–Kier alpha value is -1.26. The second kappa shape index (κ2) is 7.84. The lowest BCUT2D eigenvalue weighted by Gasteiger charge is -2.28. The number of nitrogens with zero attached hydrogens (tertiary/aromatic N) is 1. The highest BCUT2D eigenvalue weighted by atomic mass is 35.5. The predicted octanol–water partition coefficient (Wildman–Crippen LogP) is 3.21. The van der Waals surface area contributed by atoms with Gasteiger partial charge in [0.2, 0.25) is 0 Å². The molecule has 0 fully saturated rings. The van der Waals surface area contributed by atoms with Crippen molar-refractivity contribution in [2.45, 2.75) is 38.7 Å². The molecule has 0 unspecified atom stereocenters. The second-order valence-electron chi connectivity index (χ2n) is 6.63. The van der Waals surface area contributed by atoms with Gasteiger partial charge < -0.3 is 15.4 Å². The van der Waals surface area contributed by atoms with Gasteiger partial charge in [-0.15, -0.1) is 0 Å². The molecule has 5 heteroatoms. The number of hydrogen-bond donors (Lipinski definition) is 2. The maximum absolute atomic E-state index is 5.95. The molecule has 0 heterocycles. The Bertz CT molecular complexity index is 495. The molecule has 0 aromatic heterocycles. The zero-order valence-corrected chi connectivity index (χ0v) is 15.2. The van der Waals surface area contributed by atoms with Crippen molar-refractivity contribution in [1.82, 2.24) is 10.6 Å². The largest absolute Gasteiger partial charge is 0.377 e. The van der Waals surface area contributed by atoms with Gasteiger partial charge in [-0.1, -0.05) is 37.6 Å². The minimum Gasteiger partial charge on any atom is -0.377 e. The monoisotopic (exact) mass is 325 g/mol. The van der Waals surface area contributed by atoms with Crippen LogP contribution < -0.4 is 10.6 Å².